The summed E-state index contributed by atoms with van der Waals surface area (Å²) in [6.07, 6.45) is 4.11. The molecular formula is C7H5N5O2. The average Bonchev–Trinajstić information content (AvgIpc) is 2.72. The fourth-order valence-electron chi connectivity index (χ4n) is 0.825. The van der Waals surface area contributed by atoms with Crippen molar-refractivity contribution in [1.82, 2.24) is 20.6 Å². The zero-order valence-electron chi connectivity index (χ0n) is 6.91. The summed E-state index contributed by atoms with van der Waals surface area (Å²) in [6.45, 7) is 0. The minimum absolute atomic E-state index is 0.0433. The van der Waals surface area contributed by atoms with Crippen molar-refractivity contribution in [1.29, 1.82) is 0 Å². The molecule has 2 aromatic rings. The van der Waals surface area contributed by atoms with Crippen molar-refractivity contribution in [3.8, 4) is 0 Å². The van der Waals surface area contributed by atoms with Crippen molar-refractivity contribution in [2.75, 3.05) is 5.32 Å². The second-order valence-corrected chi connectivity index (χ2v) is 2.37. The summed E-state index contributed by atoms with van der Waals surface area (Å²) in [5.41, 5.74) is 0.529. The van der Waals surface area contributed by atoms with Crippen LogP contribution >= 0.6 is 0 Å². The number of hydrogen-bond donors (Lipinski definition) is 1. The van der Waals surface area contributed by atoms with Crippen LogP contribution in [0.4, 0.5) is 5.69 Å². The molecule has 0 bridgehead atoms. The molecule has 2 rings (SSSR count). The molecule has 1 amide bonds. The van der Waals surface area contributed by atoms with E-state index in [1.165, 1.54) is 18.6 Å². The van der Waals surface area contributed by atoms with Gasteiger partial charge in [0.05, 0.1) is 18.1 Å². The maximum atomic E-state index is 11.3. The maximum absolute atomic E-state index is 11.3. The lowest BCUT2D eigenvalue weighted by Gasteiger charge is -1.98. The van der Waals surface area contributed by atoms with Gasteiger partial charge in [0.1, 0.15) is 6.20 Å². The molecule has 0 unspecified atom stereocenters. The van der Waals surface area contributed by atoms with Crippen LogP contribution in [0.5, 0.6) is 0 Å². The van der Waals surface area contributed by atoms with Gasteiger partial charge in [-0.2, -0.15) is 10.2 Å². The quantitative estimate of drug-likeness (QED) is 0.724. The predicted molar refractivity (Wildman–Crippen MR) is 44.3 cm³/mol. The zero-order chi connectivity index (χ0) is 9.80. The summed E-state index contributed by atoms with van der Waals surface area (Å²) in [5, 5.41) is 16.2. The Morgan fingerprint density at radius 1 is 1.29 bits per heavy atom. The third-order valence-corrected chi connectivity index (χ3v) is 1.43. The van der Waals surface area contributed by atoms with Gasteiger partial charge in [-0.15, -0.1) is 5.10 Å². The summed E-state index contributed by atoms with van der Waals surface area (Å²) >= 11 is 0. The molecule has 2 aromatic heterocycles. The molecule has 70 valence electrons. The molecule has 7 nitrogen and oxygen atoms in total. The Labute approximate surface area is 78.1 Å². The van der Waals surface area contributed by atoms with E-state index in [9.17, 15) is 4.79 Å². The first-order valence-corrected chi connectivity index (χ1v) is 3.71. The number of carbonyl (C=O) groups excluding carboxylic acids is 1. The van der Waals surface area contributed by atoms with Gasteiger partial charge in [0.2, 0.25) is 5.76 Å². The van der Waals surface area contributed by atoms with Gasteiger partial charge in [-0.3, -0.25) is 4.79 Å². The van der Waals surface area contributed by atoms with Crippen LogP contribution in [0.2, 0.25) is 0 Å². The van der Waals surface area contributed by atoms with Crippen molar-refractivity contribution in [2.24, 2.45) is 0 Å². The van der Waals surface area contributed by atoms with Crippen LogP contribution in [0.1, 0.15) is 10.6 Å². The largest absolute Gasteiger partial charge is 0.332 e. The van der Waals surface area contributed by atoms with Gasteiger partial charge in [0, 0.05) is 5.27 Å². The lowest BCUT2D eigenvalue weighted by Crippen LogP contribution is -2.11. The number of nitrogens with one attached hydrogen (secondary N) is 1. The maximum Gasteiger partial charge on any atom is 0.296 e. The van der Waals surface area contributed by atoms with E-state index >= 15 is 0 Å². The predicted octanol–water partition coefficient (Wildman–Crippen LogP) is 0.112. The molecule has 1 N–H and O–H groups in total. The van der Waals surface area contributed by atoms with Crippen molar-refractivity contribution in [3.05, 3.63) is 30.4 Å². The van der Waals surface area contributed by atoms with Crippen LogP contribution in [0.3, 0.4) is 0 Å². The third kappa shape index (κ3) is 1.71. The van der Waals surface area contributed by atoms with Crippen molar-refractivity contribution in [2.45, 2.75) is 0 Å². The molecule has 0 aliphatic rings. The second-order valence-electron chi connectivity index (χ2n) is 2.37. The molecule has 2 heterocycles. The molecule has 0 saturated carbocycles. The van der Waals surface area contributed by atoms with E-state index in [4.69, 9.17) is 0 Å². The molecule has 0 spiro atoms. The molecule has 7 heteroatoms. The number of rotatable bonds is 2. The smallest absolute Gasteiger partial charge is 0.296 e. The molecule has 14 heavy (non-hydrogen) atoms. The lowest BCUT2D eigenvalue weighted by atomic mass is 10.4. The standard InChI is InChI=1S/C7H5N5O2/c13-7(6-4-10-12-14-6)11-5-1-2-8-9-3-5/h1-4H,(H,8,11,13). The van der Waals surface area contributed by atoms with Gasteiger partial charge in [-0.05, 0) is 6.07 Å². The molecule has 0 aromatic carbocycles. The fraction of sp³-hybridized carbons (Fsp3) is 0. The van der Waals surface area contributed by atoms with E-state index in [-0.39, 0.29) is 5.76 Å². The Morgan fingerprint density at radius 2 is 2.21 bits per heavy atom. The van der Waals surface area contributed by atoms with Crippen LogP contribution in [-0.2, 0) is 0 Å². The van der Waals surface area contributed by atoms with E-state index in [0.717, 1.165) is 0 Å². The van der Waals surface area contributed by atoms with E-state index in [0.29, 0.717) is 5.69 Å². The number of nitrogens with zero attached hydrogens (tertiary/aromatic N) is 4. The van der Waals surface area contributed by atoms with Crippen LogP contribution in [-0.4, -0.2) is 26.5 Å². The normalized spacial score (nSPS) is 9.71. The van der Waals surface area contributed by atoms with E-state index in [1.807, 2.05) is 0 Å². The Morgan fingerprint density at radius 3 is 2.86 bits per heavy atom. The van der Waals surface area contributed by atoms with Gasteiger partial charge < -0.3 is 9.84 Å². The monoisotopic (exact) mass is 191 g/mol. The van der Waals surface area contributed by atoms with Crippen molar-refractivity contribution >= 4 is 11.6 Å². The molecular weight excluding hydrogens is 186 g/mol. The van der Waals surface area contributed by atoms with Crippen LogP contribution < -0.4 is 5.32 Å². The highest BCUT2D eigenvalue weighted by atomic mass is 16.5. The molecule has 0 fully saturated rings. The van der Waals surface area contributed by atoms with Gasteiger partial charge >= 0.3 is 0 Å². The lowest BCUT2D eigenvalue weighted by molar-refractivity contribution is 0.0987. The van der Waals surface area contributed by atoms with Crippen LogP contribution in [0.15, 0.2) is 29.2 Å². The summed E-state index contributed by atoms with van der Waals surface area (Å²) < 4.78 is 4.56. The number of amides is 1. The molecule has 0 atom stereocenters. The van der Waals surface area contributed by atoms with Gasteiger partial charge in [-0.25, -0.2) is 0 Å². The first kappa shape index (κ1) is 8.30. The first-order valence-electron chi connectivity index (χ1n) is 3.71. The Balaban J connectivity index is 2.10. The Bertz CT molecular complexity index is 413. The second kappa shape index (κ2) is 3.60. The summed E-state index contributed by atoms with van der Waals surface area (Å²) in [4.78, 5) is 11.3. The average molecular weight is 191 g/mol. The van der Waals surface area contributed by atoms with Crippen LogP contribution in [0, 0.1) is 0 Å². The highest BCUT2D eigenvalue weighted by Crippen LogP contribution is 2.04. The molecule has 0 saturated heterocycles. The highest BCUT2D eigenvalue weighted by molar-refractivity contribution is 6.01. The number of aromatic nitrogens is 4. The Hall–Kier alpha value is -2.31. The number of carbonyl (C=O) groups is 1. The minimum Gasteiger partial charge on any atom is -0.332 e. The van der Waals surface area contributed by atoms with Gasteiger partial charge in [-0.1, -0.05) is 0 Å². The summed E-state index contributed by atoms with van der Waals surface area (Å²) in [5.74, 6) is -0.384. The van der Waals surface area contributed by atoms with E-state index in [1.54, 1.807) is 6.07 Å². The highest BCUT2D eigenvalue weighted by Gasteiger charge is 2.10. The molecule has 0 radical (unpaired) electrons. The van der Waals surface area contributed by atoms with Gasteiger partial charge in [0.15, 0.2) is 0 Å². The SMILES string of the molecule is O=C(Nc1ccnnc1)c1cnno1. The Kier molecular flexibility index (Phi) is 2.14. The van der Waals surface area contributed by atoms with Crippen LogP contribution in [0.25, 0.3) is 0 Å². The number of anilines is 1. The number of hydrogen-bond acceptors (Lipinski definition) is 6. The van der Waals surface area contributed by atoms with Crippen molar-refractivity contribution < 1.29 is 9.32 Å². The van der Waals surface area contributed by atoms with Gasteiger partial charge in [0.25, 0.3) is 5.91 Å². The summed E-state index contributed by atoms with van der Waals surface area (Å²) in [7, 11) is 0. The molecule has 0 aliphatic heterocycles. The third-order valence-electron chi connectivity index (χ3n) is 1.43. The first-order chi connectivity index (χ1) is 6.86. The topological polar surface area (TPSA) is 93.8 Å². The molecule has 0 aliphatic carbocycles. The minimum atomic E-state index is -0.428. The van der Waals surface area contributed by atoms with Crippen molar-refractivity contribution in [3.63, 3.8) is 0 Å². The van der Waals surface area contributed by atoms with E-state index in [2.05, 4.69) is 30.4 Å². The van der Waals surface area contributed by atoms with E-state index < -0.39 is 5.91 Å². The summed E-state index contributed by atoms with van der Waals surface area (Å²) in [6, 6.07) is 1.61. The fourth-order valence-corrected chi connectivity index (χ4v) is 0.825. The zero-order valence-corrected chi connectivity index (χ0v) is 6.91.